The Labute approximate surface area is 163 Å². The maximum Gasteiger partial charge on any atom is 0.261 e. The largest absolute Gasteiger partial charge is 0.492 e. The number of hydrogen-bond donors (Lipinski definition) is 1. The Morgan fingerprint density at radius 3 is 2.31 bits per heavy atom. The molecule has 2 aromatic carbocycles. The summed E-state index contributed by atoms with van der Waals surface area (Å²) >= 11 is 3.37. The average Bonchev–Trinajstić information content (AvgIpc) is 2.62. The number of amides is 1. The molecule has 2 aromatic rings. The molecule has 2 rings (SSSR count). The molecule has 0 aliphatic rings. The van der Waals surface area contributed by atoms with Gasteiger partial charge in [-0.1, -0.05) is 28.1 Å². The normalized spacial score (nSPS) is 11.9. The fourth-order valence-electron chi connectivity index (χ4n) is 2.15. The predicted octanol–water partition coefficient (Wildman–Crippen LogP) is 3.47. The van der Waals surface area contributed by atoms with E-state index in [1.54, 1.807) is 6.92 Å². The highest BCUT2D eigenvalue weighted by Crippen LogP contribution is 2.17. The predicted molar refractivity (Wildman–Crippen MR) is 107 cm³/mol. The van der Waals surface area contributed by atoms with E-state index in [1.165, 1.54) is 0 Å². The van der Waals surface area contributed by atoms with Gasteiger partial charge < -0.3 is 19.7 Å². The van der Waals surface area contributed by atoms with E-state index in [9.17, 15) is 4.79 Å². The van der Waals surface area contributed by atoms with Crippen molar-refractivity contribution in [3.05, 3.63) is 58.6 Å². The second-order valence-corrected chi connectivity index (χ2v) is 7.14. The van der Waals surface area contributed by atoms with E-state index in [1.807, 2.05) is 62.6 Å². The highest BCUT2D eigenvalue weighted by atomic mass is 79.9. The van der Waals surface area contributed by atoms with Crippen LogP contribution in [0.5, 0.6) is 11.5 Å². The lowest BCUT2D eigenvalue weighted by Gasteiger charge is -2.15. The summed E-state index contributed by atoms with van der Waals surface area (Å²) in [6.45, 7) is 3.70. The molecular weight excluding hydrogens is 396 g/mol. The van der Waals surface area contributed by atoms with E-state index in [2.05, 4.69) is 26.1 Å². The minimum Gasteiger partial charge on any atom is -0.492 e. The van der Waals surface area contributed by atoms with Crippen LogP contribution in [-0.4, -0.2) is 44.2 Å². The third kappa shape index (κ3) is 7.06. The first-order chi connectivity index (χ1) is 12.4. The van der Waals surface area contributed by atoms with Crippen LogP contribution in [0.4, 0.5) is 0 Å². The molecule has 6 heteroatoms. The minimum atomic E-state index is -0.565. The van der Waals surface area contributed by atoms with Crippen molar-refractivity contribution in [1.82, 2.24) is 10.2 Å². The number of rotatable bonds is 9. The smallest absolute Gasteiger partial charge is 0.261 e. The SMILES string of the molecule is CC(Oc1ccc(Br)cc1)C(=O)NCc1ccc(OCCN(C)C)cc1. The van der Waals surface area contributed by atoms with Crippen molar-refractivity contribution in [3.63, 3.8) is 0 Å². The van der Waals surface area contributed by atoms with E-state index in [-0.39, 0.29) is 5.91 Å². The van der Waals surface area contributed by atoms with Gasteiger partial charge in [0, 0.05) is 17.6 Å². The molecule has 0 radical (unpaired) electrons. The van der Waals surface area contributed by atoms with Crippen molar-refractivity contribution in [2.45, 2.75) is 19.6 Å². The maximum absolute atomic E-state index is 12.2. The van der Waals surface area contributed by atoms with Crippen molar-refractivity contribution in [2.75, 3.05) is 27.2 Å². The van der Waals surface area contributed by atoms with Crippen LogP contribution in [0.1, 0.15) is 12.5 Å². The second-order valence-electron chi connectivity index (χ2n) is 6.23. The Balaban J connectivity index is 1.76. The highest BCUT2D eigenvalue weighted by Gasteiger charge is 2.14. The van der Waals surface area contributed by atoms with Crippen LogP contribution in [0, 0.1) is 0 Å². The summed E-state index contributed by atoms with van der Waals surface area (Å²) in [7, 11) is 4.02. The topological polar surface area (TPSA) is 50.8 Å². The van der Waals surface area contributed by atoms with Crippen LogP contribution in [0.15, 0.2) is 53.0 Å². The Morgan fingerprint density at radius 1 is 1.08 bits per heavy atom. The minimum absolute atomic E-state index is 0.153. The van der Waals surface area contributed by atoms with Crippen molar-refractivity contribution in [1.29, 1.82) is 0 Å². The van der Waals surface area contributed by atoms with Crippen LogP contribution < -0.4 is 14.8 Å². The fraction of sp³-hybridized carbons (Fsp3) is 0.350. The Morgan fingerprint density at radius 2 is 1.69 bits per heavy atom. The summed E-state index contributed by atoms with van der Waals surface area (Å²) in [6.07, 6.45) is -0.565. The van der Waals surface area contributed by atoms with Crippen LogP contribution >= 0.6 is 15.9 Å². The zero-order valence-electron chi connectivity index (χ0n) is 15.4. The lowest BCUT2D eigenvalue weighted by Crippen LogP contribution is -2.35. The van der Waals surface area contributed by atoms with E-state index in [0.29, 0.717) is 18.9 Å². The summed E-state index contributed by atoms with van der Waals surface area (Å²) in [5.74, 6) is 1.34. The molecule has 1 N–H and O–H groups in total. The summed E-state index contributed by atoms with van der Waals surface area (Å²) in [5.41, 5.74) is 1.01. The molecule has 0 bridgehead atoms. The summed E-state index contributed by atoms with van der Waals surface area (Å²) < 4.78 is 12.3. The van der Waals surface area contributed by atoms with Gasteiger partial charge in [0.15, 0.2) is 6.10 Å². The van der Waals surface area contributed by atoms with Gasteiger partial charge in [-0.05, 0) is 63.0 Å². The Hall–Kier alpha value is -2.05. The van der Waals surface area contributed by atoms with E-state index < -0.39 is 6.10 Å². The molecule has 0 aromatic heterocycles. The quantitative estimate of drug-likeness (QED) is 0.674. The van der Waals surface area contributed by atoms with Crippen molar-refractivity contribution < 1.29 is 14.3 Å². The number of carbonyl (C=O) groups excluding carboxylic acids is 1. The number of nitrogens with one attached hydrogen (secondary N) is 1. The van der Waals surface area contributed by atoms with Gasteiger partial charge in [-0.2, -0.15) is 0 Å². The molecule has 0 aliphatic heterocycles. The molecular formula is C20H25BrN2O3. The summed E-state index contributed by atoms with van der Waals surface area (Å²) in [5, 5.41) is 2.89. The molecule has 26 heavy (non-hydrogen) atoms. The van der Waals surface area contributed by atoms with Gasteiger partial charge in [0.2, 0.25) is 0 Å². The van der Waals surface area contributed by atoms with Gasteiger partial charge in [-0.25, -0.2) is 0 Å². The lowest BCUT2D eigenvalue weighted by atomic mass is 10.2. The van der Waals surface area contributed by atoms with Crippen LogP contribution in [0.3, 0.4) is 0 Å². The molecule has 5 nitrogen and oxygen atoms in total. The number of nitrogens with zero attached hydrogens (tertiary/aromatic N) is 1. The van der Waals surface area contributed by atoms with E-state index in [0.717, 1.165) is 22.3 Å². The van der Waals surface area contributed by atoms with Gasteiger partial charge in [-0.3, -0.25) is 4.79 Å². The number of benzene rings is 2. The molecule has 1 atom stereocenters. The monoisotopic (exact) mass is 420 g/mol. The van der Waals surface area contributed by atoms with Gasteiger partial charge in [0.25, 0.3) is 5.91 Å². The fourth-order valence-corrected chi connectivity index (χ4v) is 2.42. The zero-order valence-corrected chi connectivity index (χ0v) is 17.0. The maximum atomic E-state index is 12.2. The third-order valence-electron chi connectivity index (χ3n) is 3.69. The highest BCUT2D eigenvalue weighted by molar-refractivity contribution is 9.10. The first kappa shape index (κ1) is 20.3. The van der Waals surface area contributed by atoms with Crippen LogP contribution in [0.2, 0.25) is 0 Å². The van der Waals surface area contributed by atoms with Crippen LogP contribution in [0.25, 0.3) is 0 Å². The third-order valence-corrected chi connectivity index (χ3v) is 4.22. The number of ether oxygens (including phenoxy) is 2. The van der Waals surface area contributed by atoms with Crippen molar-refractivity contribution in [2.24, 2.45) is 0 Å². The number of halogens is 1. The molecule has 140 valence electrons. The van der Waals surface area contributed by atoms with E-state index in [4.69, 9.17) is 9.47 Å². The molecule has 0 saturated carbocycles. The van der Waals surface area contributed by atoms with Gasteiger partial charge in [-0.15, -0.1) is 0 Å². The average molecular weight is 421 g/mol. The number of carbonyl (C=O) groups is 1. The first-order valence-electron chi connectivity index (χ1n) is 8.50. The second kappa shape index (κ2) is 10.2. The lowest BCUT2D eigenvalue weighted by molar-refractivity contribution is -0.127. The van der Waals surface area contributed by atoms with Crippen molar-refractivity contribution in [3.8, 4) is 11.5 Å². The molecule has 0 heterocycles. The molecule has 1 unspecified atom stereocenters. The van der Waals surface area contributed by atoms with E-state index >= 15 is 0 Å². The standard InChI is InChI=1S/C20H25BrN2O3/c1-15(26-19-10-6-17(21)7-11-19)20(24)22-14-16-4-8-18(9-5-16)25-13-12-23(2)3/h4-11,15H,12-14H2,1-3H3,(H,22,24). The van der Waals surface area contributed by atoms with Gasteiger partial charge in [0.1, 0.15) is 18.1 Å². The Bertz CT molecular complexity index is 687. The van der Waals surface area contributed by atoms with Crippen LogP contribution in [-0.2, 0) is 11.3 Å². The molecule has 0 aliphatic carbocycles. The molecule has 0 fully saturated rings. The number of likely N-dealkylation sites (N-methyl/N-ethyl adjacent to an activating group) is 1. The molecule has 0 spiro atoms. The summed E-state index contributed by atoms with van der Waals surface area (Å²) in [6, 6.07) is 15.1. The zero-order chi connectivity index (χ0) is 18.9. The van der Waals surface area contributed by atoms with Gasteiger partial charge >= 0.3 is 0 Å². The van der Waals surface area contributed by atoms with Crippen molar-refractivity contribution >= 4 is 21.8 Å². The molecule has 1 amide bonds. The first-order valence-corrected chi connectivity index (χ1v) is 9.30. The summed E-state index contributed by atoms with van der Waals surface area (Å²) in [4.78, 5) is 14.3. The van der Waals surface area contributed by atoms with Gasteiger partial charge in [0.05, 0.1) is 0 Å². The molecule has 0 saturated heterocycles. The number of hydrogen-bond acceptors (Lipinski definition) is 4. The Kier molecular flexibility index (Phi) is 7.94.